The fourth-order valence-corrected chi connectivity index (χ4v) is 4.41. The van der Waals surface area contributed by atoms with Gasteiger partial charge in [-0.1, -0.05) is 37.3 Å². The van der Waals surface area contributed by atoms with Crippen LogP contribution in [0, 0.1) is 5.92 Å². The summed E-state index contributed by atoms with van der Waals surface area (Å²) >= 11 is 1.51. The summed E-state index contributed by atoms with van der Waals surface area (Å²) in [4.78, 5) is 28.4. The van der Waals surface area contributed by atoms with Crippen LogP contribution in [0.4, 0.5) is 0 Å². The van der Waals surface area contributed by atoms with Crippen molar-refractivity contribution in [2.75, 3.05) is 7.05 Å². The zero-order valence-electron chi connectivity index (χ0n) is 15.5. The van der Waals surface area contributed by atoms with E-state index in [0.717, 1.165) is 18.4 Å². The highest BCUT2D eigenvalue weighted by Crippen LogP contribution is 2.32. The highest BCUT2D eigenvalue weighted by molar-refractivity contribution is 7.14. The average Bonchev–Trinajstić information content (AvgIpc) is 3.05. The van der Waals surface area contributed by atoms with Gasteiger partial charge < -0.3 is 9.64 Å². The van der Waals surface area contributed by atoms with Crippen molar-refractivity contribution in [1.82, 2.24) is 4.90 Å². The fraction of sp³-hybridized carbons (Fsp3) is 0.429. The molecular formula is C21H25NO3S. The summed E-state index contributed by atoms with van der Waals surface area (Å²) in [6, 6.07) is 11.7. The van der Waals surface area contributed by atoms with Crippen LogP contribution in [0.1, 0.15) is 45.9 Å². The third-order valence-electron chi connectivity index (χ3n) is 4.80. The predicted molar refractivity (Wildman–Crippen MR) is 103 cm³/mol. The average molecular weight is 372 g/mol. The van der Waals surface area contributed by atoms with Crippen molar-refractivity contribution in [3.63, 3.8) is 0 Å². The quantitative estimate of drug-likeness (QED) is 0.744. The molecule has 0 fully saturated rings. The summed E-state index contributed by atoms with van der Waals surface area (Å²) in [6.07, 6.45) is 2.42. The number of benzene rings is 1. The van der Waals surface area contributed by atoms with Gasteiger partial charge in [0.2, 0.25) is 0 Å². The Morgan fingerprint density at radius 1 is 1.31 bits per heavy atom. The summed E-state index contributed by atoms with van der Waals surface area (Å²) < 4.78 is 5.44. The third-order valence-corrected chi connectivity index (χ3v) is 6.02. The lowest BCUT2D eigenvalue weighted by Gasteiger charge is -2.21. The molecule has 0 N–H and O–H groups in total. The third kappa shape index (κ3) is 4.33. The van der Waals surface area contributed by atoms with Crippen LogP contribution >= 0.6 is 11.3 Å². The minimum atomic E-state index is -0.797. The maximum Gasteiger partial charge on any atom is 0.349 e. The number of nitrogens with zero attached hydrogens (tertiary/aromatic N) is 1. The van der Waals surface area contributed by atoms with E-state index in [1.54, 1.807) is 18.9 Å². The number of esters is 1. The first kappa shape index (κ1) is 18.6. The van der Waals surface area contributed by atoms with Crippen molar-refractivity contribution in [3.8, 4) is 0 Å². The van der Waals surface area contributed by atoms with Gasteiger partial charge in [0.15, 0.2) is 6.10 Å². The molecule has 3 rings (SSSR count). The SMILES string of the molecule is C[C@H]1CCc2sc(C(=O)O[C@H](C)C(=O)N(C)Cc3ccccc3)cc2C1. The molecule has 1 aliphatic carbocycles. The number of carbonyl (C=O) groups excluding carboxylic acids is 2. The van der Waals surface area contributed by atoms with Crippen molar-refractivity contribution in [2.24, 2.45) is 5.92 Å². The van der Waals surface area contributed by atoms with Crippen molar-refractivity contribution >= 4 is 23.2 Å². The normalized spacial score (nSPS) is 17.3. The Balaban J connectivity index is 1.59. The number of rotatable bonds is 5. The van der Waals surface area contributed by atoms with Gasteiger partial charge in [-0.05, 0) is 49.3 Å². The Hall–Kier alpha value is -2.14. The molecule has 0 unspecified atom stereocenters. The number of amides is 1. The second kappa shape index (κ2) is 8.04. The highest BCUT2D eigenvalue weighted by atomic mass is 32.1. The fourth-order valence-electron chi connectivity index (χ4n) is 3.32. The molecule has 1 heterocycles. The Morgan fingerprint density at radius 2 is 2.04 bits per heavy atom. The molecule has 0 saturated heterocycles. The number of carbonyl (C=O) groups is 2. The van der Waals surface area contributed by atoms with Crippen LogP contribution in [-0.2, 0) is 28.9 Å². The molecule has 2 atom stereocenters. The van der Waals surface area contributed by atoms with Crippen molar-refractivity contribution < 1.29 is 14.3 Å². The molecule has 1 amide bonds. The first-order valence-corrected chi connectivity index (χ1v) is 9.87. The van der Waals surface area contributed by atoms with E-state index < -0.39 is 12.1 Å². The molecule has 0 radical (unpaired) electrons. The predicted octanol–water partition coefficient (Wildman–Crippen LogP) is 4.08. The molecule has 1 aromatic heterocycles. The van der Waals surface area contributed by atoms with Crippen molar-refractivity contribution in [2.45, 2.75) is 45.8 Å². The first-order chi connectivity index (χ1) is 12.4. The van der Waals surface area contributed by atoms with Gasteiger partial charge in [-0.2, -0.15) is 0 Å². The molecular weight excluding hydrogens is 346 g/mol. The van der Waals surface area contributed by atoms with Crippen LogP contribution in [0.15, 0.2) is 36.4 Å². The number of likely N-dealkylation sites (N-methyl/N-ethyl adjacent to an activating group) is 1. The minimum Gasteiger partial charge on any atom is -0.448 e. The first-order valence-electron chi connectivity index (χ1n) is 9.05. The second-order valence-corrected chi connectivity index (χ2v) is 8.27. The zero-order chi connectivity index (χ0) is 18.7. The summed E-state index contributed by atoms with van der Waals surface area (Å²) in [5.41, 5.74) is 2.31. The summed E-state index contributed by atoms with van der Waals surface area (Å²) in [5, 5.41) is 0. The van der Waals surface area contributed by atoms with Gasteiger partial charge in [0.1, 0.15) is 4.88 Å². The molecule has 2 aromatic rings. The molecule has 1 aliphatic rings. The van der Waals surface area contributed by atoms with E-state index in [9.17, 15) is 9.59 Å². The largest absolute Gasteiger partial charge is 0.448 e. The molecule has 26 heavy (non-hydrogen) atoms. The molecule has 138 valence electrons. The number of fused-ring (bicyclic) bond motifs is 1. The Bertz CT molecular complexity index is 784. The lowest BCUT2D eigenvalue weighted by molar-refractivity contribution is -0.139. The van der Waals surface area contributed by atoms with Gasteiger partial charge in [0.25, 0.3) is 5.91 Å². The van der Waals surface area contributed by atoms with Gasteiger partial charge in [-0.25, -0.2) is 4.79 Å². The van der Waals surface area contributed by atoms with E-state index >= 15 is 0 Å². The molecule has 0 saturated carbocycles. The van der Waals surface area contributed by atoms with Crippen LogP contribution in [0.25, 0.3) is 0 Å². The van der Waals surface area contributed by atoms with Gasteiger partial charge in [0.05, 0.1) is 0 Å². The van der Waals surface area contributed by atoms with Gasteiger partial charge in [0, 0.05) is 18.5 Å². The molecule has 4 nitrogen and oxygen atoms in total. The highest BCUT2D eigenvalue weighted by Gasteiger charge is 2.25. The number of thiophene rings is 1. The molecule has 5 heteroatoms. The lowest BCUT2D eigenvalue weighted by atomic mass is 9.90. The van der Waals surface area contributed by atoms with Crippen LogP contribution in [-0.4, -0.2) is 29.9 Å². The number of ether oxygens (including phenoxy) is 1. The van der Waals surface area contributed by atoms with E-state index in [-0.39, 0.29) is 5.91 Å². The standard InChI is InChI=1S/C21H25NO3S/c1-14-9-10-18-17(11-14)12-19(26-18)21(24)25-15(2)20(23)22(3)13-16-7-5-4-6-8-16/h4-8,12,14-15H,9-11,13H2,1-3H3/t14-,15+/m0/s1. The Labute approximate surface area is 158 Å². The smallest absolute Gasteiger partial charge is 0.349 e. The molecule has 0 bridgehead atoms. The van der Waals surface area contributed by atoms with Crippen LogP contribution < -0.4 is 0 Å². The maximum absolute atomic E-state index is 12.5. The number of hydrogen-bond donors (Lipinski definition) is 0. The topological polar surface area (TPSA) is 46.6 Å². The van der Waals surface area contributed by atoms with E-state index in [4.69, 9.17) is 4.74 Å². The van der Waals surface area contributed by atoms with Gasteiger partial charge in [-0.15, -0.1) is 11.3 Å². The van der Waals surface area contributed by atoms with Crippen LogP contribution in [0.3, 0.4) is 0 Å². The number of hydrogen-bond acceptors (Lipinski definition) is 4. The van der Waals surface area contributed by atoms with E-state index in [2.05, 4.69) is 6.92 Å². The van der Waals surface area contributed by atoms with Crippen molar-refractivity contribution in [3.05, 3.63) is 57.3 Å². The molecule has 1 aromatic carbocycles. The lowest BCUT2D eigenvalue weighted by Crippen LogP contribution is -2.37. The minimum absolute atomic E-state index is 0.197. The molecule has 0 spiro atoms. The number of aryl methyl sites for hydroxylation is 1. The Morgan fingerprint density at radius 3 is 2.77 bits per heavy atom. The second-order valence-electron chi connectivity index (χ2n) is 7.13. The van der Waals surface area contributed by atoms with E-state index in [1.807, 2.05) is 36.4 Å². The zero-order valence-corrected chi connectivity index (χ0v) is 16.3. The summed E-state index contributed by atoms with van der Waals surface area (Å²) in [5.74, 6) is 0.0660. The monoisotopic (exact) mass is 371 g/mol. The van der Waals surface area contributed by atoms with Crippen LogP contribution in [0.5, 0.6) is 0 Å². The Kier molecular flexibility index (Phi) is 5.77. The van der Waals surface area contributed by atoms with Gasteiger partial charge in [-0.3, -0.25) is 4.79 Å². The van der Waals surface area contributed by atoms with Crippen molar-refractivity contribution in [1.29, 1.82) is 0 Å². The maximum atomic E-state index is 12.5. The van der Waals surface area contributed by atoms with E-state index in [1.165, 1.54) is 28.2 Å². The van der Waals surface area contributed by atoms with Crippen LogP contribution in [0.2, 0.25) is 0 Å². The molecule has 0 aliphatic heterocycles. The summed E-state index contributed by atoms with van der Waals surface area (Å²) in [7, 11) is 1.73. The van der Waals surface area contributed by atoms with Gasteiger partial charge >= 0.3 is 5.97 Å². The summed E-state index contributed by atoms with van der Waals surface area (Å²) in [6.45, 7) is 4.37. The van der Waals surface area contributed by atoms with E-state index in [0.29, 0.717) is 17.3 Å².